The number of alkyl halides is 3. The second kappa shape index (κ2) is 9.68. The fraction of sp³-hybridized carbons (Fsp3) is 0.381. The van der Waals surface area contributed by atoms with Gasteiger partial charge in [0, 0.05) is 26.7 Å². The molecular weight excluding hydrogens is 449 g/mol. The largest absolute Gasteiger partial charge is 0.493 e. The maximum atomic E-state index is 13.0. The third-order valence-electron chi connectivity index (χ3n) is 4.48. The van der Waals surface area contributed by atoms with E-state index in [0.29, 0.717) is 11.6 Å². The quantitative estimate of drug-likeness (QED) is 0.557. The minimum absolute atomic E-state index is 0.0688. The second-order valence-corrected chi connectivity index (χ2v) is 8.99. The number of amides is 2. The summed E-state index contributed by atoms with van der Waals surface area (Å²) in [5, 5.41) is 0. The molecule has 0 saturated heterocycles. The van der Waals surface area contributed by atoms with Crippen LogP contribution in [0.15, 0.2) is 47.4 Å². The molecule has 2 amide bonds. The van der Waals surface area contributed by atoms with E-state index in [9.17, 15) is 26.4 Å². The molecule has 2 aromatic rings. The van der Waals surface area contributed by atoms with Gasteiger partial charge in [0.2, 0.25) is 0 Å². The molecule has 0 aromatic heterocycles. The van der Waals surface area contributed by atoms with Crippen LogP contribution in [0.3, 0.4) is 0 Å². The Labute approximate surface area is 185 Å². The number of rotatable bonds is 7. The number of hydrogen-bond acceptors (Lipinski definition) is 5. The summed E-state index contributed by atoms with van der Waals surface area (Å²) in [6, 6.07) is 7.36. The number of hydrogen-bond donors (Lipinski definition) is 0. The van der Waals surface area contributed by atoms with Crippen molar-refractivity contribution in [2.75, 3.05) is 21.2 Å². The van der Waals surface area contributed by atoms with Gasteiger partial charge in [0.1, 0.15) is 4.90 Å². The Hall–Kier alpha value is -2.95. The zero-order valence-corrected chi connectivity index (χ0v) is 19.1. The van der Waals surface area contributed by atoms with Crippen LogP contribution in [0.4, 0.5) is 18.0 Å². The normalized spacial score (nSPS) is 11.9. The SMILES string of the molecule is COc1ccc(CN(C(=O)N(C)C)C(C)C)cc1OS(=O)(=O)c1cccc(C(F)(F)F)c1. The third-order valence-corrected chi connectivity index (χ3v) is 5.71. The van der Waals surface area contributed by atoms with Gasteiger partial charge in [-0.3, -0.25) is 0 Å². The lowest BCUT2D eigenvalue weighted by Gasteiger charge is -2.30. The van der Waals surface area contributed by atoms with Gasteiger partial charge in [0.15, 0.2) is 11.5 Å². The number of methoxy groups -OCH3 is 1. The van der Waals surface area contributed by atoms with Crippen LogP contribution in [0, 0.1) is 0 Å². The Morgan fingerprint density at radius 3 is 2.25 bits per heavy atom. The summed E-state index contributed by atoms with van der Waals surface area (Å²) in [4.78, 5) is 14.8. The van der Waals surface area contributed by atoms with E-state index in [0.717, 1.165) is 18.2 Å². The molecule has 11 heteroatoms. The predicted octanol–water partition coefficient (Wildman–Crippen LogP) is 4.37. The summed E-state index contributed by atoms with van der Waals surface area (Å²) >= 11 is 0. The van der Waals surface area contributed by atoms with Crippen molar-refractivity contribution < 1.29 is 35.3 Å². The van der Waals surface area contributed by atoms with Gasteiger partial charge in [-0.15, -0.1) is 0 Å². The molecule has 0 aliphatic heterocycles. The van der Waals surface area contributed by atoms with Crippen LogP contribution in [0.25, 0.3) is 0 Å². The number of urea groups is 1. The first-order valence-electron chi connectivity index (χ1n) is 9.53. The molecule has 0 aliphatic rings. The number of ether oxygens (including phenoxy) is 1. The summed E-state index contributed by atoms with van der Waals surface area (Å²) in [7, 11) is -0.0624. The van der Waals surface area contributed by atoms with Crippen LogP contribution in [0.5, 0.6) is 11.5 Å². The molecule has 0 aliphatic carbocycles. The van der Waals surface area contributed by atoms with Crippen molar-refractivity contribution in [3.63, 3.8) is 0 Å². The van der Waals surface area contributed by atoms with Crippen LogP contribution >= 0.6 is 0 Å². The molecule has 0 N–H and O–H groups in total. The summed E-state index contributed by atoms with van der Waals surface area (Å²) in [6.45, 7) is 3.82. The van der Waals surface area contributed by atoms with E-state index in [4.69, 9.17) is 8.92 Å². The molecule has 2 aromatic carbocycles. The number of benzene rings is 2. The van der Waals surface area contributed by atoms with Gasteiger partial charge in [-0.05, 0) is 49.7 Å². The lowest BCUT2D eigenvalue weighted by Crippen LogP contribution is -2.42. The molecule has 176 valence electrons. The average molecular weight is 475 g/mol. The molecule has 7 nitrogen and oxygen atoms in total. The highest BCUT2D eigenvalue weighted by atomic mass is 32.2. The first-order chi connectivity index (χ1) is 14.8. The summed E-state index contributed by atoms with van der Waals surface area (Å²) in [5.74, 6) is -0.136. The van der Waals surface area contributed by atoms with Crippen LogP contribution in [-0.2, 0) is 22.8 Å². The van der Waals surface area contributed by atoms with Gasteiger partial charge in [-0.1, -0.05) is 12.1 Å². The van der Waals surface area contributed by atoms with Gasteiger partial charge in [0.25, 0.3) is 0 Å². The molecule has 32 heavy (non-hydrogen) atoms. The Bertz CT molecular complexity index is 1070. The Morgan fingerprint density at radius 2 is 1.72 bits per heavy atom. The standard InChI is InChI=1S/C21H25F3N2O5S/c1-14(2)26(20(27)25(3)4)13-15-9-10-18(30-5)19(11-15)31-32(28,29)17-8-6-7-16(12-17)21(22,23)24/h6-12,14H,13H2,1-5H3. The molecule has 0 spiro atoms. The van der Waals surface area contributed by atoms with Crippen molar-refractivity contribution in [2.24, 2.45) is 0 Å². The van der Waals surface area contributed by atoms with Crippen molar-refractivity contribution in [1.29, 1.82) is 0 Å². The summed E-state index contributed by atoms with van der Waals surface area (Å²) < 4.78 is 74.5. The van der Waals surface area contributed by atoms with E-state index >= 15 is 0 Å². The topological polar surface area (TPSA) is 76.2 Å². The molecule has 0 heterocycles. The second-order valence-electron chi connectivity index (χ2n) is 7.45. The van der Waals surface area contributed by atoms with Gasteiger partial charge in [-0.25, -0.2) is 4.79 Å². The van der Waals surface area contributed by atoms with E-state index in [2.05, 4.69) is 0 Å². The molecule has 0 radical (unpaired) electrons. The Morgan fingerprint density at radius 1 is 1.06 bits per heavy atom. The molecule has 0 bridgehead atoms. The fourth-order valence-electron chi connectivity index (χ4n) is 2.80. The highest BCUT2D eigenvalue weighted by Crippen LogP contribution is 2.34. The van der Waals surface area contributed by atoms with Crippen molar-refractivity contribution in [1.82, 2.24) is 9.80 Å². The first kappa shape index (κ1) is 25.3. The minimum atomic E-state index is -4.71. The van der Waals surface area contributed by atoms with Gasteiger partial charge >= 0.3 is 22.3 Å². The average Bonchev–Trinajstić information content (AvgIpc) is 2.70. The maximum absolute atomic E-state index is 13.0. The predicted molar refractivity (Wildman–Crippen MR) is 112 cm³/mol. The smallest absolute Gasteiger partial charge is 0.416 e. The van der Waals surface area contributed by atoms with E-state index < -0.39 is 26.8 Å². The Balaban J connectivity index is 2.40. The van der Waals surface area contributed by atoms with Crippen LogP contribution < -0.4 is 8.92 Å². The zero-order valence-electron chi connectivity index (χ0n) is 18.3. The van der Waals surface area contributed by atoms with Crippen molar-refractivity contribution in [3.05, 3.63) is 53.6 Å². The molecule has 2 rings (SSSR count). The number of halogens is 3. The minimum Gasteiger partial charge on any atom is -0.493 e. The third kappa shape index (κ3) is 6.06. The van der Waals surface area contributed by atoms with E-state index in [-0.39, 0.29) is 30.1 Å². The van der Waals surface area contributed by atoms with Crippen LogP contribution in [-0.4, -0.2) is 51.5 Å². The highest BCUT2D eigenvalue weighted by Gasteiger charge is 2.32. The van der Waals surface area contributed by atoms with E-state index in [1.54, 1.807) is 25.1 Å². The van der Waals surface area contributed by atoms with Gasteiger partial charge < -0.3 is 18.7 Å². The zero-order chi connectivity index (χ0) is 24.3. The van der Waals surface area contributed by atoms with E-state index in [1.165, 1.54) is 24.1 Å². The van der Waals surface area contributed by atoms with Crippen molar-refractivity contribution >= 4 is 16.1 Å². The fourth-order valence-corrected chi connectivity index (χ4v) is 3.78. The Kier molecular flexibility index (Phi) is 7.66. The van der Waals surface area contributed by atoms with Crippen LogP contribution in [0.1, 0.15) is 25.0 Å². The lowest BCUT2D eigenvalue weighted by molar-refractivity contribution is -0.137. The number of carbonyl (C=O) groups is 1. The van der Waals surface area contributed by atoms with Gasteiger partial charge in [0.05, 0.1) is 12.7 Å². The van der Waals surface area contributed by atoms with Crippen LogP contribution in [0.2, 0.25) is 0 Å². The van der Waals surface area contributed by atoms with E-state index in [1.807, 2.05) is 13.8 Å². The molecule has 0 atom stereocenters. The molecular formula is C21H25F3N2O5S. The molecule has 0 saturated carbocycles. The van der Waals surface area contributed by atoms with Crippen molar-refractivity contribution in [2.45, 2.75) is 37.5 Å². The maximum Gasteiger partial charge on any atom is 0.416 e. The monoisotopic (exact) mass is 474 g/mol. The summed E-state index contributed by atoms with van der Waals surface area (Å²) in [5.41, 5.74) is -0.568. The lowest BCUT2D eigenvalue weighted by atomic mass is 10.1. The molecule has 0 unspecified atom stereocenters. The summed E-state index contributed by atoms with van der Waals surface area (Å²) in [6.07, 6.45) is -4.71. The number of nitrogens with zero attached hydrogens (tertiary/aromatic N) is 2. The highest BCUT2D eigenvalue weighted by molar-refractivity contribution is 7.87. The van der Waals surface area contributed by atoms with Crippen molar-refractivity contribution in [3.8, 4) is 11.5 Å². The molecule has 0 fully saturated rings. The number of carbonyl (C=O) groups excluding carboxylic acids is 1. The van der Waals surface area contributed by atoms with Gasteiger partial charge in [-0.2, -0.15) is 21.6 Å². The first-order valence-corrected chi connectivity index (χ1v) is 10.9.